The second kappa shape index (κ2) is 9.52. The van der Waals surface area contributed by atoms with E-state index in [0.717, 1.165) is 0 Å². The fourth-order valence-corrected chi connectivity index (χ4v) is 1.11. The molecule has 0 aliphatic rings. The zero-order chi connectivity index (χ0) is 16.6. The van der Waals surface area contributed by atoms with Crippen LogP contribution in [0, 0.1) is 0 Å². The van der Waals surface area contributed by atoms with Gasteiger partial charge in [0, 0.05) is 17.7 Å². The monoisotopic (exact) mass is 300 g/mol. The van der Waals surface area contributed by atoms with Crippen LogP contribution in [-0.2, 0) is 19.1 Å². The van der Waals surface area contributed by atoms with Crippen molar-refractivity contribution in [2.75, 3.05) is 41.4 Å². The van der Waals surface area contributed by atoms with E-state index >= 15 is 0 Å². The molecule has 0 amide bonds. The van der Waals surface area contributed by atoms with Crippen molar-refractivity contribution in [1.29, 1.82) is 0 Å². The van der Waals surface area contributed by atoms with E-state index in [1.165, 1.54) is 0 Å². The van der Waals surface area contributed by atoms with E-state index in [9.17, 15) is 9.59 Å². The molecule has 0 aromatic heterocycles. The summed E-state index contributed by atoms with van der Waals surface area (Å²) in [6.07, 6.45) is -0.144. The number of hydrogen-bond donors (Lipinski definition) is 0. The summed E-state index contributed by atoms with van der Waals surface area (Å²) in [5.74, 6) is -1.02. The van der Waals surface area contributed by atoms with Gasteiger partial charge in [-0.2, -0.15) is 0 Å². The highest BCUT2D eigenvalue weighted by Gasteiger charge is 2.17. The van der Waals surface area contributed by atoms with Gasteiger partial charge in [0.1, 0.15) is 13.2 Å². The van der Waals surface area contributed by atoms with Crippen LogP contribution < -0.4 is 0 Å². The third kappa shape index (κ3) is 8.47. The third-order valence-corrected chi connectivity index (χ3v) is 3.35. The Morgan fingerprint density at radius 2 is 1.38 bits per heavy atom. The van der Waals surface area contributed by atoms with Crippen molar-refractivity contribution in [3.05, 3.63) is 12.2 Å². The summed E-state index contributed by atoms with van der Waals surface area (Å²) in [5, 5.41) is 0. The van der Waals surface area contributed by atoms with Crippen LogP contribution in [0.25, 0.3) is 0 Å². The van der Waals surface area contributed by atoms with Gasteiger partial charge in [0.2, 0.25) is 0 Å². The summed E-state index contributed by atoms with van der Waals surface area (Å²) in [5.41, 5.74) is 0.114. The van der Waals surface area contributed by atoms with Crippen molar-refractivity contribution in [2.24, 2.45) is 0 Å². The number of carbonyl (C=O) groups excluding carboxylic acids is 2. The summed E-state index contributed by atoms with van der Waals surface area (Å²) in [6.45, 7) is 8.01. The normalized spacial score (nSPS) is 13.9. The van der Waals surface area contributed by atoms with Crippen LogP contribution in [0.2, 0.25) is 0 Å². The smallest absolute Gasteiger partial charge is 0.334 e. The summed E-state index contributed by atoms with van der Waals surface area (Å²) in [4.78, 5) is 27.2. The lowest BCUT2D eigenvalue weighted by atomic mass is 10.2. The lowest BCUT2D eigenvalue weighted by molar-refractivity contribution is -0.147. The number of likely N-dealkylation sites (N-methyl/N-ethyl adjacent to an activating group) is 2. The number of nitrogens with zero attached hydrogens (tertiary/aromatic N) is 2. The molecule has 0 rings (SSSR count). The Hall–Kier alpha value is -1.40. The molecular formula is C15H28N2O4. The molecule has 0 saturated carbocycles. The maximum absolute atomic E-state index is 11.7. The fourth-order valence-electron chi connectivity index (χ4n) is 1.11. The zero-order valence-corrected chi connectivity index (χ0v) is 14.0. The molecule has 6 heteroatoms. The average Bonchev–Trinajstić information content (AvgIpc) is 2.40. The molecule has 6 nitrogen and oxygen atoms in total. The lowest BCUT2D eigenvalue weighted by Gasteiger charge is -2.20. The molecule has 21 heavy (non-hydrogen) atoms. The highest BCUT2D eigenvalue weighted by molar-refractivity contribution is 5.93. The molecule has 0 saturated heterocycles. The number of rotatable bonds is 9. The number of esters is 2. The summed E-state index contributed by atoms with van der Waals surface area (Å²) in [6, 6.07) is 0.227. The van der Waals surface area contributed by atoms with Crippen LogP contribution in [0.5, 0.6) is 0 Å². The molecule has 0 spiro atoms. The molecule has 122 valence electrons. The molecule has 0 bridgehead atoms. The van der Waals surface area contributed by atoms with E-state index in [2.05, 4.69) is 6.58 Å². The Bertz CT molecular complexity index is 367. The van der Waals surface area contributed by atoms with Gasteiger partial charge in [-0.15, -0.1) is 0 Å². The predicted octanol–water partition coefficient (Wildman–Crippen LogP) is 0.919. The first-order chi connectivity index (χ1) is 9.65. The van der Waals surface area contributed by atoms with Crippen LogP contribution in [0.1, 0.15) is 20.3 Å². The maximum atomic E-state index is 11.7. The predicted molar refractivity (Wildman–Crippen MR) is 82.0 cm³/mol. The highest BCUT2D eigenvalue weighted by atomic mass is 16.5. The molecule has 0 fully saturated rings. The van der Waals surface area contributed by atoms with E-state index in [-0.39, 0.29) is 37.3 Å². The fraction of sp³-hybridized carbons (Fsp3) is 0.733. The Labute approximate surface area is 127 Å². The van der Waals surface area contributed by atoms with Gasteiger partial charge in [-0.05, 0) is 42.0 Å². The second-order valence-corrected chi connectivity index (χ2v) is 5.69. The van der Waals surface area contributed by atoms with Crippen molar-refractivity contribution in [2.45, 2.75) is 32.4 Å². The van der Waals surface area contributed by atoms with Gasteiger partial charge in [-0.25, -0.2) is 4.79 Å². The van der Waals surface area contributed by atoms with Gasteiger partial charge >= 0.3 is 11.9 Å². The van der Waals surface area contributed by atoms with E-state index in [1.54, 1.807) is 0 Å². The van der Waals surface area contributed by atoms with Crippen LogP contribution >= 0.6 is 0 Å². The lowest BCUT2D eigenvalue weighted by Crippen LogP contribution is -2.31. The molecule has 0 N–H and O–H groups in total. The van der Waals surface area contributed by atoms with Crippen molar-refractivity contribution in [1.82, 2.24) is 9.80 Å². The molecule has 2 atom stereocenters. The standard InChI is InChI=1S/C15H28N2O4/c1-11(15(19)21-10-13(3)17(6)7)8-14(18)20-9-12(2)16(4)5/h12-13H,1,8-10H2,2-7H3. The molecule has 2 unspecified atom stereocenters. The van der Waals surface area contributed by atoms with E-state index < -0.39 is 11.9 Å². The van der Waals surface area contributed by atoms with E-state index in [1.807, 2.05) is 51.8 Å². The molecular weight excluding hydrogens is 272 g/mol. The Morgan fingerprint density at radius 3 is 1.81 bits per heavy atom. The van der Waals surface area contributed by atoms with Crippen LogP contribution in [0.15, 0.2) is 12.2 Å². The highest BCUT2D eigenvalue weighted by Crippen LogP contribution is 2.05. The first-order valence-corrected chi connectivity index (χ1v) is 6.98. The first-order valence-electron chi connectivity index (χ1n) is 6.98. The Kier molecular flexibility index (Phi) is 8.89. The molecule has 0 aromatic carbocycles. The number of hydrogen-bond acceptors (Lipinski definition) is 6. The SMILES string of the molecule is C=C(CC(=O)OCC(C)N(C)C)C(=O)OCC(C)N(C)C. The van der Waals surface area contributed by atoms with Gasteiger partial charge in [0.25, 0.3) is 0 Å². The average molecular weight is 300 g/mol. The first kappa shape index (κ1) is 19.6. The van der Waals surface area contributed by atoms with Crippen molar-refractivity contribution >= 4 is 11.9 Å². The van der Waals surface area contributed by atoms with Crippen LogP contribution in [0.3, 0.4) is 0 Å². The van der Waals surface area contributed by atoms with Gasteiger partial charge < -0.3 is 19.3 Å². The van der Waals surface area contributed by atoms with Gasteiger partial charge in [-0.3, -0.25) is 4.79 Å². The summed E-state index contributed by atoms with van der Waals surface area (Å²) < 4.78 is 10.2. The Balaban J connectivity index is 4.06. The number of carbonyl (C=O) groups is 2. The molecule has 0 radical (unpaired) electrons. The van der Waals surface area contributed by atoms with Crippen molar-refractivity contribution in [3.63, 3.8) is 0 Å². The topological polar surface area (TPSA) is 59.1 Å². The van der Waals surface area contributed by atoms with Gasteiger partial charge in [-0.1, -0.05) is 6.58 Å². The minimum atomic E-state index is -0.554. The minimum absolute atomic E-state index is 0.106. The molecule has 0 aromatic rings. The van der Waals surface area contributed by atoms with Gasteiger partial charge in [0.15, 0.2) is 0 Å². The van der Waals surface area contributed by atoms with Crippen LogP contribution in [-0.4, -0.2) is 75.2 Å². The quantitative estimate of drug-likeness (QED) is 0.466. The Morgan fingerprint density at radius 1 is 0.952 bits per heavy atom. The molecule has 0 heterocycles. The maximum Gasteiger partial charge on any atom is 0.334 e. The van der Waals surface area contributed by atoms with Crippen LogP contribution in [0.4, 0.5) is 0 Å². The summed E-state index contributed by atoms with van der Waals surface area (Å²) >= 11 is 0. The van der Waals surface area contributed by atoms with Crippen molar-refractivity contribution < 1.29 is 19.1 Å². The molecule has 0 aliphatic carbocycles. The second-order valence-electron chi connectivity index (χ2n) is 5.69. The van der Waals surface area contributed by atoms with Gasteiger partial charge in [0.05, 0.1) is 6.42 Å². The number of ether oxygens (including phenoxy) is 2. The minimum Gasteiger partial charge on any atom is -0.464 e. The van der Waals surface area contributed by atoms with E-state index in [4.69, 9.17) is 9.47 Å². The largest absolute Gasteiger partial charge is 0.464 e. The third-order valence-electron chi connectivity index (χ3n) is 3.35. The summed E-state index contributed by atoms with van der Waals surface area (Å²) in [7, 11) is 7.61. The van der Waals surface area contributed by atoms with E-state index in [0.29, 0.717) is 0 Å². The zero-order valence-electron chi connectivity index (χ0n) is 14.0. The molecule has 0 aliphatic heterocycles. The van der Waals surface area contributed by atoms with Crippen molar-refractivity contribution in [3.8, 4) is 0 Å².